The normalized spacial score (nSPS) is 17.6. The number of rotatable bonds is 5. The van der Waals surface area contributed by atoms with Crippen molar-refractivity contribution < 1.29 is 4.79 Å². The van der Waals surface area contributed by atoms with E-state index in [-0.39, 0.29) is 4.75 Å². The van der Waals surface area contributed by atoms with Crippen LogP contribution in [0.5, 0.6) is 0 Å². The predicted octanol–water partition coefficient (Wildman–Crippen LogP) is 2.24. The predicted molar refractivity (Wildman–Crippen MR) is 85.0 cm³/mol. The molecule has 1 fully saturated rings. The number of hydrogen-bond acceptors (Lipinski definition) is 5. The molecule has 0 atom stereocenters. The molecule has 1 aromatic rings. The number of pyridine rings is 1. The Morgan fingerprint density at radius 3 is 2.75 bits per heavy atom. The monoisotopic (exact) mass is 294 g/mol. The second-order valence-electron chi connectivity index (χ2n) is 5.32. The van der Waals surface area contributed by atoms with Gasteiger partial charge in [0.2, 0.25) is 0 Å². The highest BCUT2D eigenvalue weighted by atomic mass is 32.2. The van der Waals surface area contributed by atoms with E-state index in [9.17, 15) is 4.79 Å². The molecule has 1 heterocycles. The highest BCUT2D eigenvalue weighted by Crippen LogP contribution is 2.38. The van der Waals surface area contributed by atoms with Gasteiger partial charge in [0, 0.05) is 11.3 Å². The molecule has 20 heavy (non-hydrogen) atoms. The molecular weight excluding hydrogens is 272 g/mol. The van der Waals surface area contributed by atoms with Gasteiger partial charge >= 0.3 is 0 Å². The van der Waals surface area contributed by atoms with Gasteiger partial charge in [-0.3, -0.25) is 4.79 Å². The SMILES string of the molecule is CSC1(CNc2cc(C(N)=O)c(N)cn2)CCCCC1. The number of carbonyl (C=O) groups excluding carboxylic acids is 1. The standard InChI is InChI=1S/C14H22N4OS/c1-20-14(5-3-2-4-6-14)9-18-12-7-10(13(16)19)11(15)8-17-12/h7-8H,2-6,9,15H2,1H3,(H2,16,19)(H,17,18). The number of aromatic nitrogens is 1. The van der Waals surface area contributed by atoms with Crippen LogP contribution in [0.3, 0.4) is 0 Å². The molecule has 0 saturated heterocycles. The lowest BCUT2D eigenvalue weighted by Crippen LogP contribution is -2.35. The van der Waals surface area contributed by atoms with Crippen LogP contribution in [0.4, 0.5) is 11.5 Å². The van der Waals surface area contributed by atoms with Gasteiger partial charge in [-0.1, -0.05) is 19.3 Å². The number of nitrogens with one attached hydrogen (secondary N) is 1. The Morgan fingerprint density at radius 2 is 2.15 bits per heavy atom. The summed E-state index contributed by atoms with van der Waals surface area (Å²) >= 11 is 1.92. The maximum absolute atomic E-state index is 11.3. The van der Waals surface area contributed by atoms with Gasteiger partial charge < -0.3 is 16.8 Å². The van der Waals surface area contributed by atoms with Crippen molar-refractivity contribution in [2.75, 3.05) is 23.9 Å². The molecule has 1 aliphatic carbocycles. The van der Waals surface area contributed by atoms with Gasteiger partial charge in [-0.2, -0.15) is 11.8 Å². The van der Waals surface area contributed by atoms with Crippen LogP contribution in [0.25, 0.3) is 0 Å². The van der Waals surface area contributed by atoms with E-state index in [1.54, 1.807) is 6.07 Å². The van der Waals surface area contributed by atoms with Gasteiger partial charge in [0.1, 0.15) is 5.82 Å². The van der Waals surface area contributed by atoms with Crippen molar-refractivity contribution in [2.24, 2.45) is 5.73 Å². The average Bonchev–Trinajstić information content (AvgIpc) is 2.47. The van der Waals surface area contributed by atoms with Crippen LogP contribution < -0.4 is 16.8 Å². The first kappa shape index (κ1) is 15.0. The molecule has 0 bridgehead atoms. The molecule has 0 aromatic carbocycles. The van der Waals surface area contributed by atoms with Crippen molar-refractivity contribution in [3.63, 3.8) is 0 Å². The van der Waals surface area contributed by atoms with Crippen molar-refractivity contribution in [3.05, 3.63) is 17.8 Å². The maximum atomic E-state index is 11.3. The molecule has 0 unspecified atom stereocenters. The summed E-state index contributed by atoms with van der Waals surface area (Å²) in [4.78, 5) is 15.5. The zero-order chi connectivity index (χ0) is 14.6. The number of amides is 1. The molecule has 110 valence electrons. The largest absolute Gasteiger partial charge is 0.397 e. The first-order chi connectivity index (χ1) is 9.56. The van der Waals surface area contributed by atoms with Crippen LogP contribution in [0.15, 0.2) is 12.3 Å². The second-order valence-corrected chi connectivity index (χ2v) is 6.60. The average molecular weight is 294 g/mol. The molecular formula is C14H22N4OS. The first-order valence-corrected chi connectivity index (χ1v) is 8.13. The lowest BCUT2D eigenvalue weighted by molar-refractivity contribution is 0.100. The molecule has 1 amide bonds. The molecule has 0 aliphatic heterocycles. The lowest BCUT2D eigenvalue weighted by atomic mass is 9.88. The molecule has 0 spiro atoms. The van der Waals surface area contributed by atoms with Gasteiger partial charge in [-0.05, 0) is 25.2 Å². The Labute approximate surface area is 123 Å². The molecule has 0 radical (unpaired) electrons. The van der Waals surface area contributed by atoms with Crippen molar-refractivity contribution in [1.82, 2.24) is 4.98 Å². The molecule has 5 N–H and O–H groups in total. The van der Waals surface area contributed by atoms with E-state index in [4.69, 9.17) is 11.5 Å². The van der Waals surface area contributed by atoms with Gasteiger partial charge in [0.05, 0.1) is 17.4 Å². The Balaban J connectivity index is 2.06. The van der Waals surface area contributed by atoms with Crippen molar-refractivity contribution in [2.45, 2.75) is 36.9 Å². The van der Waals surface area contributed by atoms with Crippen LogP contribution in [0.1, 0.15) is 42.5 Å². The number of nitrogen functional groups attached to an aromatic ring is 1. The minimum absolute atomic E-state index is 0.272. The fraction of sp³-hybridized carbons (Fsp3) is 0.571. The number of carbonyl (C=O) groups is 1. The number of hydrogen-bond donors (Lipinski definition) is 3. The fourth-order valence-electron chi connectivity index (χ4n) is 2.68. The van der Waals surface area contributed by atoms with Crippen LogP contribution in [0.2, 0.25) is 0 Å². The Morgan fingerprint density at radius 1 is 1.45 bits per heavy atom. The van der Waals surface area contributed by atoms with E-state index < -0.39 is 5.91 Å². The third-order valence-corrected chi connectivity index (χ3v) is 5.41. The zero-order valence-corrected chi connectivity index (χ0v) is 12.6. The molecule has 1 aromatic heterocycles. The van der Waals surface area contributed by atoms with Crippen LogP contribution >= 0.6 is 11.8 Å². The van der Waals surface area contributed by atoms with E-state index in [2.05, 4.69) is 16.6 Å². The fourth-order valence-corrected chi connectivity index (χ4v) is 3.59. The first-order valence-electron chi connectivity index (χ1n) is 6.91. The molecule has 1 aliphatic rings. The number of nitrogens with zero attached hydrogens (tertiary/aromatic N) is 1. The highest BCUT2D eigenvalue weighted by Gasteiger charge is 2.30. The lowest BCUT2D eigenvalue weighted by Gasteiger charge is -2.36. The molecule has 5 nitrogen and oxygen atoms in total. The van der Waals surface area contributed by atoms with E-state index in [0.717, 1.165) is 6.54 Å². The smallest absolute Gasteiger partial charge is 0.250 e. The van der Waals surface area contributed by atoms with Crippen molar-refractivity contribution in [1.29, 1.82) is 0 Å². The summed E-state index contributed by atoms with van der Waals surface area (Å²) in [7, 11) is 0. The Bertz CT molecular complexity index is 486. The number of thioether (sulfide) groups is 1. The quantitative estimate of drug-likeness (QED) is 0.774. The number of nitrogens with two attached hydrogens (primary N) is 2. The minimum Gasteiger partial charge on any atom is -0.397 e. The van der Waals surface area contributed by atoms with E-state index >= 15 is 0 Å². The summed E-state index contributed by atoms with van der Waals surface area (Å²) in [5.74, 6) is 0.136. The third-order valence-electron chi connectivity index (χ3n) is 3.99. The summed E-state index contributed by atoms with van der Waals surface area (Å²) in [6, 6.07) is 1.63. The molecule has 2 rings (SSSR count). The van der Waals surface area contributed by atoms with E-state index in [1.807, 2.05) is 11.8 Å². The summed E-state index contributed by atoms with van der Waals surface area (Å²) < 4.78 is 0.272. The Hall–Kier alpha value is -1.43. The van der Waals surface area contributed by atoms with Gasteiger partial charge in [0.25, 0.3) is 5.91 Å². The van der Waals surface area contributed by atoms with E-state index in [0.29, 0.717) is 17.1 Å². The zero-order valence-electron chi connectivity index (χ0n) is 11.8. The van der Waals surface area contributed by atoms with Gasteiger partial charge in [0.15, 0.2) is 0 Å². The van der Waals surface area contributed by atoms with Crippen molar-refractivity contribution >= 4 is 29.2 Å². The summed E-state index contributed by atoms with van der Waals surface area (Å²) in [5, 5.41) is 3.33. The van der Waals surface area contributed by atoms with Crippen LogP contribution in [-0.4, -0.2) is 28.4 Å². The summed E-state index contributed by atoms with van der Waals surface area (Å²) in [6.07, 6.45) is 9.98. The molecule has 1 saturated carbocycles. The third kappa shape index (κ3) is 3.36. The summed E-state index contributed by atoms with van der Waals surface area (Å²) in [5.41, 5.74) is 11.6. The van der Waals surface area contributed by atoms with Crippen LogP contribution in [0, 0.1) is 0 Å². The number of primary amides is 1. The topological polar surface area (TPSA) is 94.0 Å². The number of anilines is 2. The maximum Gasteiger partial charge on any atom is 0.250 e. The highest BCUT2D eigenvalue weighted by molar-refractivity contribution is 8.00. The van der Waals surface area contributed by atoms with E-state index in [1.165, 1.54) is 38.3 Å². The second kappa shape index (κ2) is 6.35. The van der Waals surface area contributed by atoms with Crippen molar-refractivity contribution in [3.8, 4) is 0 Å². The van der Waals surface area contributed by atoms with Gasteiger partial charge in [-0.25, -0.2) is 4.98 Å². The molecule has 6 heteroatoms. The van der Waals surface area contributed by atoms with Gasteiger partial charge in [-0.15, -0.1) is 0 Å². The minimum atomic E-state index is -0.523. The Kier molecular flexibility index (Phi) is 4.75. The summed E-state index contributed by atoms with van der Waals surface area (Å²) in [6.45, 7) is 0.850. The van der Waals surface area contributed by atoms with Crippen LogP contribution in [-0.2, 0) is 0 Å².